The Morgan fingerprint density at radius 1 is 0.857 bits per heavy atom. The van der Waals surface area contributed by atoms with Gasteiger partial charge in [-0.05, 0) is 68.7 Å². The van der Waals surface area contributed by atoms with Gasteiger partial charge >= 0.3 is 0 Å². The monoisotopic (exact) mass is 378 g/mol. The van der Waals surface area contributed by atoms with Crippen molar-refractivity contribution in [1.29, 1.82) is 0 Å². The molecule has 2 aromatic carbocycles. The Labute approximate surface area is 167 Å². The average Bonchev–Trinajstić information content (AvgIpc) is 2.72. The maximum absolute atomic E-state index is 12.6. The summed E-state index contributed by atoms with van der Waals surface area (Å²) in [5, 5.41) is 6.14. The lowest BCUT2D eigenvalue weighted by Crippen LogP contribution is -2.36. The first kappa shape index (κ1) is 20.1. The second-order valence-electron chi connectivity index (χ2n) is 7.81. The first-order chi connectivity index (χ1) is 13.5. The third-order valence-electron chi connectivity index (χ3n) is 5.89. The van der Waals surface area contributed by atoms with Crippen LogP contribution in [0.2, 0.25) is 0 Å². The van der Waals surface area contributed by atoms with E-state index in [1.807, 2.05) is 50.2 Å². The number of hydrogen-bond acceptors (Lipinski definition) is 2. The Hall–Kier alpha value is -2.62. The van der Waals surface area contributed by atoms with Crippen LogP contribution in [-0.4, -0.2) is 18.4 Å². The van der Waals surface area contributed by atoms with Gasteiger partial charge in [0.05, 0.1) is 0 Å². The summed E-state index contributed by atoms with van der Waals surface area (Å²) in [4.78, 5) is 25.1. The standard InChI is InChI=1S/C24H30N2O2/c1-17-7-6-10-22(18(17)2)26-24(28)21-13-11-20(12-14-21)23(27)25-16-15-19-8-4-3-5-9-19/h3-10,20-21H,11-16H2,1-2H3,(H,25,27)(H,26,28). The summed E-state index contributed by atoms with van der Waals surface area (Å²) < 4.78 is 0. The van der Waals surface area contributed by atoms with E-state index in [9.17, 15) is 9.59 Å². The van der Waals surface area contributed by atoms with Gasteiger partial charge in [-0.3, -0.25) is 9.59 Å². The van der Waals surface area contributed by atoms with Crippen LogP contribution < -0.4 is 10.6 Å². The van der Waals surface area contributed by atoms with Crippen molar-refractivity contribution in [3.8, 4) is 0 Å². The zero-order valence-corrected chi connectivity index (χ0v) is 16.8. The van der Waals surface area contributed by atoms with Gasteiger partial charge in [0.1, 0.15) is 0 Å². The molecule has 0 aromatic heterocycles. The Kier molecular flexibility index (Phi) is 6.85. The lowest BCUT2D eigenvalue weighted by molar-refractivity contribution is -0.128. The average molecular weight is 379 g/mol. The van der Waals surface area contributed by atoms with Gasteiger partial charge in [0.2, 0.25) is 11.8 Å². The van der Waals surface area contributed by atoms with Crippen LogP contribution in [0.5, 0.6) is 0 Å². The highest BCUT2D eigenvalue weighted by atomic mass is 16.2. The fraction of sp³-hybridized carbons (Fsp3) is 0.417. The summed E-state index contributed by atoms with van der Waals surface area (Å²) in [6.45, 7) is 4.74. The number of carbonyl (C=O) groups is 2. The smallest absolute Gasteiger partial charge is 0.227 e. The molecule has 0 radical (unpaired) electrons. The van der Waals surface area contributed by atoms with Gasteiger partial charge in [-0.1, -0.05) is 42.5 Å². The Bertz CT molecular complexity index is 809. The highest BCUT2D eigenvalue weighted by Crippen LogP contribution is 2.30. The predicted octanol–water partition coefficient (Wildman–Crippen LogP) is 4.41. The molecule has 148 valence electrons. The van der Waals surface area contributed by atoms with Crippen molar-refractivity contribution < 1.29 is 9.59 Å². The summed E-state index contributed by atoms with van der Waals surface area (Å²) in [6.07, 6.45) is 3.95. The van der Waals surface area contributed by atoms with E-state index < -0.39 is 0 Å². The summed E-state index contributed by atoms with van der Waals surface area (Å²) in [5.41, 5.74) is 4.41. The summed E-state index contributed by atoms with van der Waals surface area (Å²) in [7, 11) is 0. The van der Waals surface area contributed by atoms with E-state index in [1.54, 1.807) is 0 Å². The van der Waals surface area contributed by atoms with Gasteiger partial charge in [0.15, 0.2) is 0 Å². The molecule has 4 heteroatoms. The first-order valence-electron chi connectivity index (χ1n) is 10.2. The fourth-order valence-corrected chi connectivity index (χ4v) is 3.86. The number of nitrogens with one attached hydrogen (secondary N) is 2. The van der Waals surface area contributed by atoms with Gasteiger partial charge in [-0.25, -0.2) is 0 Å². The number of hydrogen-bond donors (Lipinski definition) is 2. The predicted molar refractivity (Wildman–Crippen MR) is 113 cm³/mol. The summed E-state index contributed by atoms with van der Waals surface area (Å²) in [5.74, 6) is 0.231. The van der Waals surface area contributed by atoms with Crippen LogP contribution in [0.25, 0.3) is 0 Å². The van der Waals surface area contributed by atoms with Crippen molar-refractivity contribution in [3.63, 3.8) is 0 Å². The quantitative estimate of drug-likeness (QED) is 0.782. The summed E-state index contributed by atoms with van der Waals surface area (Å²) in [6, 6.07) is 16.1. The van der Waals surface area contributed by atoms with Gasteiger partial charge in [-0.15, -0.1) is 0 Å². The number of benzene rings is 2. The SMILES string of the molecule is Cc1cccc(NC(=O)C2CCC(C(=O)NCCc3ccccc3)CC2)c1C. The number of aryl methyl sites for hydroxylation is 1. The van der Waals surface area contributed by atoms with Gasteiger partial charge in [0.25, 0.3) is 0 Å². The van der Waals surface area contributed by atoms with Crippen molar-refractivity contribution in [3.05, 3.63) is 65.2 Å². The Morgan fingerprint density at radius 3 is 2.18 bits per heavy atom. The minimum atomic E-state index is -0.00622. The molecule has 0 unspecified atom stereocenters. The van der Waals surface area contributed by atoms with Crippen molar-refractivity contribution in [2.24, 2.45) is 11.8 Å². The van der Waals surface area contributed by atoms with E-state index in [4.69, 9.17) is 0 Å². The fourth-order valence-electron chi connectivity index (χ4n) is 3.86. The third kappa shape index (κ3) is 5.22. The number of carbonyl (C=O) groups excluding carboxylic acids is 2. The van der Waals surface area contributed by atoms with Gasteiger partial charge < -0.3 is 10.6 Å². The molecule has 1 saturated carbocycles. The number of anilines is 1. The number of amides is 2. The summed E-state index contributed by atoms with van der Waals surface area (Å²) >= 11 is 0. The molecule has 1 aliphatic carbocycles. The van der Waals surface area contributed by atoms with Crippen LogP contribution in [0.1, 0.15) is 42.4 Å². The molecule has 2 amide bonds. The zero-order chi connectivity index (χ0) is 19.9. The van der Waals surface area contributed by atoms with E-state index in [1.165, 1.54) is 11.1 Å². The molecule has 2 aromatic rings. The minimum Gasteiger partial charge on any atom is -0.356 e. The maximum Gasteiger partial charge on any atom is 0.227 e. The minimum absolute atomic E-state index is 0.00622. The van der Waals surface area contributed by atoms with Crippen molar-refractivity contribution >= 4 is 17.5 Å². The van der Waals surface area contributed by atoms with Crippen LogP contribution in [0.15, 0.2) is 48.5 Å². The molecule has 0 heterocycles. The zero-order valence-electron chi connectivity index (χ0n) is 16.8. The molecule has 0 bridgehead atoms. The van der Waals surface area contributed by atoms with Crippen LogP contribution in [0, 0.1) is 25.7 Å². The highest BCUT2D eigenvalue weighted by Gasteiger charge is 2.30. The van der Waals surface area contributed by atoms with Crippen molar-refractivity contribution in [2.75, 3.05) is 11.9 Å². The molecule has 0 saturated heterocycles. The molecule has 3 rings (SSSR count). The van der Waals surface area contributed by atoms with E-state index in [0.717, 1.165) is 43.4 Å². The van der Waals surface area contributed by atoms with Crippen LogP contribution in [0.3, 0.4) is 0 Å². The lowest BCUT2D eigenvalue weighted by Gasteiger charge is -2.27. The highest BCUT2D eigenvalue weighted by molar-refractivity contribution is 5.93. The molecule has 1 fully saturated rings. The first-order valence-corrected chi connectivity index (χ1v) is 10.2. The molecule has 0 aliphatic heterocycles. The van der Waals surface area contributed by atoms with Gasteiger partial charge in [0, 0.05) is 24.1 Å². The molecular weight excluding hydrogens is 348 g/mol. The lowest BCUT2D eigenvalue weighted by atomic mass is 9.81. The van der Waals surface area contributed by atoms with Crippen molar-refractivity contribution in [1.82, 2.24) is 5.32 Å². The van der Waals surface area contributed by atoms with Crippen LogP contribution in [-0.2, 0) is 16.0 Å². The largest absolute Gasteiger partial charge is 0.356 e. The second kappa shape index (κ2) is 9.54. The Morgan fingerprint density at radius 2 is 1.50 bits per heavy atom. The van der Waals surface area contributed by atoms with Crippen molar-refractivity contribution in [2.45, 2.75) is 46.0 Å². The Balaban J connectivity index is 1.42. The van der Waals surface area contributed by atoms with Crippen LogP contribution >= 0.6 is 0 Å². The molecule has 0 spiro atoms. The van der Waals surface area contributed by atoms with E-state index in [0.29, 0.717) is 6.54 Å². The molecule has 1 aliphatic rings. The molecule has 4 nitrogen and oxygen atoms in total. The third-order valence-corrected chi connectivity index (χ3v) is 5.89. The van der Waals surface area contributed by atoms with Crippen LogP contribution in [0.4, 0.5) is 5.69 Å². The topological polar surface area (TPSA) is 58.2 Å². The van der Waals surface area contributed by atoms with E-state index in [2.05, 4.69) is 22.8 Å². The van der Waals surface area contributed by atoms with E-state index in [-0.39, 0.29) is 23.7 Å². The molecular formula is C24H30N2O2. The van der Waals surface area contributed by atoms with E-state index >= 15 is 0 Å². The second-order valence-corrected chi connectivity index (χ2v) is 7.81. The maximum atomic E-state index is 12.6. The molecule has 2 N–H and O–H groups in total. The molecule has 0 atom stereocenters. The van der Waals surface area contributed by atoms with Gasteiger partial charge in [-0.2, -0.15) is 0 Å². The molecule has 28 heavy (non-hydrogen) atoms. The number of rotatable bonds is 6. The normalized spacial score (nSPS) is 19.1.